The van der Waals surface area contributed by atoms with Crippen molar-refractivity contribution < 1.29 is 13.2 Å². The Hall–Kier alpha value is -2.38. The summed E-state index contributed by atoms with van der Waals surface area (Å²) in [6, 6.07) is 13.8. The molecule has 2 aromatic rings. The number of alkyl halides is 3. The molecule has 0 saturated heterocycles. The van der Waals surface area contributed by atoms with Crippen LogP contribution >= 0.6 is 11.6 Å². The largest absolute Gasteiger partial charge is 0.499 e. The Kier molecular flexibility index (Phi) is 4.29. The van der Waals surface area contributed by atoms with Crippen molar-refractivity contribution in [2.75, 3.05) is 6.54 Å². The summed E-state index contributed by atoms with van der Waals surface area (Å²) >= 11 is 6.22. The Morgan fingerprint density at radius 3 is 2.29 bits per heavy atom. The van der Waals surface area contributed by atoms with Gasteiger partial charge in [0.2, 0.25) is 0 Å². The van der Waals surface area contributed by atoms with Gasteiger partial charge in [0.25, 0.3) is 0 Å². The lowest BCUT2D eigenvalue weighted by molar-refractivity contribution is -0.219. The van der Waals surface area contributed by atoms with E-state index in [1.54, 1.807) is 48.5 Å². The number of para-hydroxylation sites is 1. The third-order valence-corrected chi connectivity index (χ3v) is 3.80. The SMILES string of the molecule is NN(C1=Nc2ccccc2C(c2ccccc2Cl)=NC1)C(F)(F)F. The van der Waals surface area contributed by atoms with Gasteiger partial charge in [-0.3, -0.25) is 4.99 Å². The molecular formula is C16H12ClF3N4. The molecule has 124 valence electrons. The van der Waals surface area contributed by atoms with Crippen molar-refractivity contribution >= 4 is 28.8 Å². The van der Waals surface area contributed by atoms with Crippen molar-refractivity contribution in [1.82, 2.24) is 5.01 Å². The first kappa shape index (κ1) is 16.5. The highest BCUT2D eigenvalue weighted by Crippen LogP contribution is 2.29. The van der Waals surface area contributed by atoms with Crippen molar-refractivity contribution in [3.8, 4) is 0 Å². The predicted molar refractivity (Wildman–Crippen MR) is 87.6 cm³/mol. The fourth-order valence-corrected chi connectivity index (χ4v) is 2.57. The Labute approximate surface area is 141 Å². The van der Waals surface area contributed by atoms with Gasteiger partial charge in [-0.25, -0.2) is 15.8 Å². The number of nitrogens with zero attached hydrogens (tertiary/aromatic N) is 3. The van der Waals surface area contributed by atoms with E-state index in [9.17, 15) is 13.2 Å². The molecule has 24 heavy (non-hydrogen) atoms. The average Bonchev–Trinajstić information content (AvgIpc) is 2.73. The minimum absolute atomic E-state index is 0.314. The number of nitrogens with two attached hydrogens (primary N) is 1. The number of hydrogen-bond donors (Lipinski definition) is 1. The number of hydrazine groups is 1. The molecule has 3 rings (SSSR count). The normalized spacial score (nSPS) is 14.4. The molecule has 2 aromatic carbocycles. The Morgan fingerprint density at radius 2 is 1.62 bits per heavy atom. The molecule has 0 radical (unpaired) electrons. The molecule has 8 heteroatoms. The van der Waals surface area contributed by atoms with Crippen molar-refractivity contribution in [2.24, 2.45) is 15.8 Å². The predicted octanol–water partition coefficient (Wildman–Crippen LogP) is 3.92. The zero-order chi connectivity index (χ0) is 17.3. The Morgan fingerprint density at radius 1 is 1.00 bits per heavy atom. The molecule has 0 amide bonds. The third kappa shape index (κ3) is 3.13. The summed E-state index contributed by atoms with van der Waals surface area (Å²) in [5.41, 5.74) is 2.05. The maximum absolute atomic E-state index is 12.9. The molecule has 0 saturated carbocycles. The number of aliphatic imine (C=N–C) groups is 2. The van der Waals surface area contributed by atoms with Crippen LogP contribution in [0.2, 0.25) is 5.02 Å². The minimum Gasteiger partial charge on any atom is -0.276 e. The van der Waals surface area contributed by atoms with E-state index in [0.29, 0.717) is 27.5 Å². The van der Waals surface area contributed by atoms with Crippen LogP contribution in [0.1, 0.15) is 11.1 Å². The monoisotopic (exact) mass is 352 g/mol. The second-order valence-electron chi connectivity index (χ2n) is 5.03. The minimum atomic E-state index is -4.74. The average molecular weight is 353 g/mol. The maximum atomic E-state index is 12.9. The lowest BCUT2D eigenvalue weighted by Crippen LogP contribution is -2.49. The van der Waals surface area contributed by atoms with Crippen LogP contribution in [0.4, 0.5) is 18.9 Å². The van der Waals surface area contributed by atoms with Crippen molar-refractivity contribution in [3.63, 3.8) is 0 Å². The molecule has 0 atom stereocenters. The van der Waals surface area contributed by atoms with Gasteiger partial charge in [-0.15, -0.1) is 13.2 Å². The number of halogens is 4. The molecular weight excluding hydrogens is 341 g/mol. The van der Waals surface area contributed by atoms with Crippen LogP contribution in [0.15, 0.2) is 58.5 Å². The Balaban J connectivity index is 2.14. The van der Waals surface area contributed by atoms with Crippen molar-refractivity contribution in [1.29, 1.82) is 0 Å². The first-order chi connectivity index (χ1) is 11.4. The van der Waals surface area contributed by atoms with E-state index in [1.807, 2.05) is 0 Å². The van der Waals surface area contributed by atoms with Crippen LogP contribution in [-0.2, 0) is 0 Å². The van der Waals surface area contributed by atoms with Crippen LogP contribution in [-0.4, -0.2) is 29.4 Å². The van der Waals surface area contributed by atoms with Gasteiger partial charge in [0.15, 0.2) is 0 Å². The van der Waals surface area contributed by atoms with E-state index in [-0.39, 0.29) is 11.6 Å². The van der Waals surface area contributed by atoms with Crippen molar-refractivity contribution in [2.45, 2.75) is 6.30 Å². The fourth-order valence-electron chi connectivity index (χ4n) is 2.34. The summed E-state index contributed by atoms with van der Waals surface area (Å²) in [4.78, 5) is 8.34. The van der Waals surface area contributed by atoms with E-state index in [1.165, 1.54) is 0 Å². The second kappa shape index (κ2) is 6.26. The zero-order valence-corrected chi connectivity index (χ0v) is 13.0. The molecule has 0 bridgehead atoms. The van der Waals surface area contributed by atoms with Crippen molar-refractivity contribution in [3.05, 3.63) is 64.7 Å². The molecule has 1 aliphatic heterocycles. The molecule has 0 unspecified atom stereocenters. The molecule has 0 spiro atoms. The first-order valence-corrected chi connectivity index (χ1v) is 7.33. The van der Waals surface area contributed by atoms with Crippen LogP contribution < -0.4 is 5.84 Å². The lowest BCUT2D eigenvalue weighted by Gasteiger charge is -2.21. The van der Waals surface area contributed by atoms with E-state index in [2.05, 4.69) is 9.98 Å². The van der Waals surface area contributed by atoms with Crippen LogP contribution in [0.25, 0.3) is 0 Å². The Bertz CT molecular complexity index is 830. The first-order valence-electron chi connectivity index (χ1n) is 6.96. The highest BCUT2D eigenvalue weighted by molar-refractivity contribution is 6.36. The summed E-state index contributed by atoms with van der Waals surface area (Å²) < 4.78 is 38.6. The van der Waals surface area contributed by atoms with Gasteiger partial charge in [-0.1, -0.05) is 48.0 Å². The fraction of sp³-hybridized carbons (Fsp3) is 0.125. The van der Waals surface area contributed by atoms with Gasteiger partial charge in [-0.05, 0) is 12.1 Å². The summed E-state index contributed by atoms with van der Waals surface area (Å²) in [5.74, 6) is 4.76. The van der Waals surface area contributed by atoms with Crippen LogP contribution in [0.5, 0.6) is 0 Å². The summed E-state index contributed by atoms with van der Waals surface area (Å²) in [6.07, 6.45) is -4.74. The molecule has 0 fully saturated rings. The van der Waals surface area contributed by atoms with Crippen LogP contribution in [0.3, 0.4) is 0 Å². The van der Waals surface area contributed by atoms with E-state index < -0.39 is 12.1 Å². The summed E-state index contributed by atoms with van der Waals surface area (Å²) in [5, 5.41) is 0.137. The van der Waals surface area contributed by atoms with E-state index >= 15 is 0 Å². The number of amidine groups is 1. The highest BCUT2D eigenvalue weighted by atomic mass is 35.5. The quantitative estimate of drug-likeness (QED) is 0.480. The summed E-state index contributed by atoms with van der Waals surface area (Å²) in [6.45, 7) is -0.314. The standard InChI is InChI=1S/C16H12ClF3N4/c17-12-7-3-1-5-10(12)15-11-6-2-4-8-13(11)23-14(9-22-15)24(21)16(18,19)20/h1-8H,9,21H2. The molecule has 4 nitrogen and oxygen atoms in total. The van der Waals surface area contributed by atoms with Gasteiger partial charge in [0.1, 0.15) is 5.84 Å². The van der Waals surface area contributed by atoms with Crippen LogP contribution in [0, 0.1) is 0 Å². The second-order valence-corrected chi connectivity index (χ2v) is 5.43. The lowest BCUT2D eigenvalue weighted by atomic mass is 10.0. The number of fused-ring (bicyclic) bond motifs is 1. The molecule has 1 aliphatic rings. The van der Waals surface area contributed by atoms with E-state index in [0.717, 1.165) is 0 Å². The van der Waals surface area contributed by atoms with Gasteiger partial charge >= 0.3 is 6.30 Å². The topological polar surface area (TPSA) is 54.0 Å². The maximum Gasteiger partial charge on any atom is 0.499 e. The zero-order valence-electron chi connectivity index (χ0n) is 12.3. The molecule has 0 aliphatic carbocycles. The van der Waals surface area contributed by atoms with Gasteiger partial charge in [0, 0.05) is 16.1 Å². The van der Waals surface area contributed by atoms with Gasteiger partial charge < -0.3 is 0 Å². The van der Waals surface area contributed by atoms with Gasteiger partial charge in [-0.2, -0.15) is 0 Å². The smallest absolute Gasteiger partial charge is 0.276 e. The van der Waals surface area contributed by atoms with Gasteiger partial charge in [0.05, 0.1) is 17.9 Å². The molecule has 0 aromatic heterocycles. The third-order valence-electron chi connectivity index (χ3n) is 3.47. The van der Waals surface area contributed by atoms with E-state index in [4.69, 9.17) is 17.4 Å². The number of benzene rings is 2. The highest BCUT2D eigenvalue weighted by Gasteiger charge is 2.38. The molecule has 2 N–H and O–H groups in total. The molecule has 1 heterocycles. The number of hydrogen-bond acceptors (Lipinski definition) is 4. The summed E-state index contributed by atoms with van der Waals surface area (Å²) in [7, 11) is 0. The number of rotatable bonds is 1.